The average molecular weight is 380 g/mol. The Morgan fingerprint density at radius 3 is 2.22 bits per heavy atom. The van der Waals surface area contributed by atoms with Crippen LogP contribution in [0.15, 0.2) is 42.5 Å². The van der Waals surface area contributed by atoms with Gasteiger partial charge in [0.15, 0.2) is 12.4 Å². The molecule has 0 aromatic heterocycles. The van der Waals surface area contributed by atoms with E-state index in [1.54, 1.807) is 0 Å². The standard InChI is InChI=1S/C18H15F3N2O4/c1-10(24)11-2-5-13(6-3-11)23-16(25)9-27-17(26)14-7-4-12(8-15(14)22)18(19,20)21/h2-8H,9,22H2,1H3,(H,23,25). The molecule has 0 spiro atoms. The molecule has 0 saturated heterocycles. The van der Waals surface area contributed by atoms with Crippen molar-refractivity contribution in [1.82, 2.24) is 0 Å². The molecule has 3 N–H and O–H groups in total. The Balaban J connectivity index is 1.95. The highest BCUT2D eigenvalue weighted by atomic mass is 19.4. The third-order valence-electron chi connectivity index (χ3n) is 3.51. The van der Waals surface area contributed by atoms with Crippen molar-refractivity contribution >= 4 is 29.0 Å². The number of nitrogen functional groups attached to an aromatic ring is 1. The lowest BCUT2D eigenvalue weighted by Crippen LogP contribution is -2.21. The first-order valence-corrected chi connectivity index (χ1v) is 7.62. The van der Waals surface area contributed by atoms with Crippen LogP contribution in [0.1, 0.15) is 33.2 Å². The third kappa shape index (κ3) is 5.30. The number of carbonyl (C=O) groups is 3. The number of anilines is 2. The fourth-order valence-electron chi connectivity index (χ4n) is 2.12. The maximum absolute atomic E-state index is 12.6. The molecule has 142 valence electrons. The monoisotopic (exact) mass is 380 g/mol. The van der Waals surface area contributed by atoms with E-state index in [9.17, 15) is 27.6 Å². The third-order valence-corrected chi connectivity index (χ3v) is 3.51. The van der Waals surface area contributed by atoms with Crippen LogP contribution in [0.5, 0.6) is 0 Å². The topological polar surface area (TPSA) is 98.5 Å². The summed E-state index contributed by atoms with van der Waals surface area (Å²) in [6.07, 6.45) is -4.59. The molecule has 0 atom stereocenters. The minimum absolute atomic E-state index is 0.129. The number of hydrogen-bond acceptors (Lipinski definition) is 5. The number of alkyl halides is 3. The summed E-state index contributed by atoms with van der Waals surface area (Å²) in [5, 5.41) is 2.45. The molecular weight excluding hydrogens is 365 g/mol. The SMILES string of the molecule is CC(=O)c1ccc(NC(=O)COC(=O)c2ccc(C(F)(F)F)cc2N)cc1. The predicted molar refractivity (Wildman–Crippen MR) is 91.2 cm³/mol. The second-order valence-corrected chi connectivity index (χ2v) is 5.56. The maximum atomic E-state index is 12.6. The van der Waals surface area contributed by atoms with Gasteiger partial charge in [-0.15, -0.1) is 0 Å². The summed E-state index contributed by atoms with van der Waals surface area (Å²) in [5.41, 5.74) is 4.63. The number of hydrogen-bond donors (Lipinski definition) is 2. The molecule has 0 bridgehead atoms. The van der Waals surface area contributed by atoms with Crippen LogP contribution in [0.3, 0.4) is 0 Å². The predicted octanol–water partition coefficient (Wildman–Crippen LogP) is 3.29. The zero-order chi connectivity index (χ0) is 20.2. The number of ether oxygens (including phenoxy) is 1. The number of nitrogens with one attached hydrogen (secondary N) is 1. The summed E-state index contributed by atoms with van der Waals surface area (Å²) in [4.78, 5) is 34.9. The Bertz CT molecular complexity index is 877. The number of nitrogens with two attached hydrogens (primary N) is 1. The van der Waals surface area contributed by atoms with Gasteiger partial charge in [-0.1, -0.05) is 0 Å². The van der Waals surface area contributed by atoms with E-state index in [0.717, 1.165) is 6.07 Å². The number of Topliss-reactive ketones (excluding diaryl/α,β-unsaturated/α-hetero) is 1. The van der Waals surface area contributed by atoms with E-state index in [4.69, 9.17) is 10.5 Å². The molecule has 2 aromatic carbocycles. The average Bonchev–Trinajstić information content (AvgIpc) is 2.59. The number of rotatable bonds is 5. The Labute approximate surface area is 152 Å². The highest BCUT2D eigenvalue weighted by molar-refractivity contribution is 5.99. The molecule has 2 aromatic rings. The molecular formula is C18H15F3N2O4. The zero-order valence-corrected chi connectivity index (χ0v) is 14.1. The summed E-state index contributed by atoms with van der Waals surface area (Å²) in [6.45, 7) is 0.744. The van der Waals surface area contributed by atoms with Crippen LogP contribution < -0.4 is 11.1 Å². The summed E-state index contributed by atoms with van der Waals surface area (Å²) < 4.78 is 42.5. The van der Waals surface area contributed by atoms with E-state index in [1.807, 2.05) is 0 Å². The van der Waals surface area contributed by atoms with Gasteiger partial charge in [0, 0.05) is 16.9 Å². The molecule has 0 saturated carbocycles. The van der Waals surface area contributed by atoms with Gasteiger partial charge in [0.1, 0.15) is 0 Å². The lowest BCUT2D eigenvalue weighted by Gasteiger charge is -2.11. The summed E-state index contributed by atoms with van der Waals surface area (Å²) in [5.74, 6) is -1.82. The Kier molecular flexibility index (Phi) is 5.84. The van der Waals surface area contributed by atoms with E-state index in [2.05, 4.69) is 5.32 Å². The molecule has 0 heterocycles. The van der Waals surface area contributed by atoms with Crippen molar-refractivity contribution < 1.29 is 32.3 Å². The molecule has 0 unspecified atom stereocenters. The number of amides is 1. The van der Waals surface area contributed by atoms with E-state index in [0.29, 0.717) is 23.4 Å². The number of ketones is 1. The van der Waals surface area contributed by atoms with Crippen molar-refractivity contribution in [3.63, 3.8) is 0 Å². The van der Waals surface area contributed by atoms with Crippen molar-refractivity contribution in [1.29, 1.82) is 0 Å². The van der Waals surface area contributed by atoms with Gasteiger partial charge >= 0.3 is 12.1 Å². The minimum atomic E-state index is -4.59. The molecule has 0 aliphatic heterocycles. The number of halogens is 3. The number of esters is 1. The van der Waals surface area contributed by atoms with Gasteiger partial charge in [-0.25, -0.2) is 4.79 Å². The van der Waals surface area contributed by atoms with Gasteiger partial charge in [-0.05, 0) is 49.4 Å². The normalized spacial score (nSPS) is 11.0. The summed E-state index contributed by atoms with van der Waals surface area (Å²) in [6, 6.07) is 8.25. The molecule has 6 nitrogen and oxygen atoms in total. The van der Waals surface area contributed by atoms with Crippen LogP contribution >= 0.6 is 0 Å². The Morgan fingerprint density at radius 2 is 1.70 bits per heavy atom. The largest absolute Gasteiger partial charge is 0.452 e. The second kappa shape index (κ2) is 7.90. The van der Waals surface area contributed by atoms with Crippen molar-refractivity contribution in [2.24, 2.45) is 0 Å². The van der Waals surface area contributed by atoms with Crippen LogP contribution in [0.4, 0.5) is 24.5 Å². The quantitative estimate of drug-likeness (QED) is 0.471. The maximum Gasteiger partial charge on any atom is 0.416 e. The number of benzene rings is 2. The van der Waals surface area contributed by atoms with Crippen molar-refractivity contribution in [3.8, 4) is 0 Å². The summed E-state index contributed by atoms with van der Waals surface area (Å²) in [7, 11) is 0. The first-order valence-electron chi connectivity index (χ1n) is 7.62. The molecule has 0 aliphatic rings. The minimum Gasteiger partial charge on any atom is -0.452 e. The van der Waals surface area contributed by atoms with Crippen LogP contribution in [0.2, 0.25) is 0 Å². The van der Waals surface area contributed by atoms with E-state index < -0.39 is 35.9 Å². The van der Waals surface area contributed by atoms with E-state index in [1.165, 1.54) is 31.2 Å². The van der Waals surface area contributed by atoms with Gasteiger partial charge in [-0.2, -0.15) is 13.2 Å². The molecule has 0 fully saturated rings. The molecule has 0 radical (unpaired) electrons. The van der Waals surface area contributed by atoms with Crippen LogP contribution in [0.25, 0.3) is 0 Å². The van der Waals surface area contributed by atoms with Crippen LogP contribution in [0, 0.1) is 0 Å². The second-order valence-electron chi connectivity index (χ2n) is 5.56. The van der Waals surface area contributed by atoms with Crippen LogP contribution in [-0.4, -0.2) is 24.3 Å². The lowest BCUT2D eigenvalue weighted by molar-refractivity contribution is -0.137. The lowest BCUT2D eigenvalue weighted by atomic mass is 10.1. The molecule has 2 rings (SSSR count). The fourth-order valence-corrected chi connectivity index (χ4v) is 2.12. The first-order chi connectivity index (χ1) is 12.6. The van der Waals surface area contributed by atoms with Crippen molar-refractivity contribution in [3.05, 3.63) is 59.2 Å². The first kappa shape index (κ1) is 20.0. The van der Waals surface area contributed by atoms with Gasteiger partial charge in [0.05, 0.1) is 11.1 Å². The van der Waals surface area contributed by atoms with E-state index >= 15 is 0 Å². The summed E-state index contributed by atoms with van der Waals surface area (Å²) >= 11 is 0. The van der Waals surface area contributed by atoms with Crippen LogP contribution in [-0.2, 0) is 15.7 Å². The van der Waals surface area contributed by atoms with E-state index in [-0.39, 0.29) is 11.3 Å². The number of carbonyl (C=O) groups excluding carboxylic acids is 3. The van der Waals surface area contributed by atoms with Crippen molar-refractivity contribution in [2.45, 2.75) is 13.1 Å². The highest BCUT2D eigenvalue weighted by Gasteiger charge is 2.31. The molecule has 27 heavy (non-hydrogen) atoms. The van der Waals surface area contributed by atoms with Gasteiger partial charge in [0.25, 0.3) is 5.91 Å². The molecule has 1 amide bonds. The molecule has 9 heteroatoms. The Morgan fingerprint density at radius 1 is 1.07 bits per heavy atom. The smallest absolute Gasteiger partial charge is 0.416 e. The molecule has 0 aliphatic carbocycles. The highest BCUT2D eigenvalue weighted by Crippen LogP contribution is 2.31. The van der Waals surface area contributed by atoms with Gasteiger partial charge in [-0.3, -0.25) is 9.59 Å². The fraction of sp³-hybridized carbons (Fsp3) is 0.167. The van der Waals surface area contributed by atoms with Gasteiger partial charge in [0.2, 0.25) is 0 Å². The van der Waals surface area contributed by atoms with Gasteiger partial charge < -0.3 is 15.8 Å². The Hall–Kier alpha value is -3.36. The van der Waals surface area contributed by atoms with Crippen molar-refractivity contribution in [2.75, 3.05) is 17.7 Å². The zero-order valence-electron chi connectivity index (χ0n) is 14.1.